The number of phenolic OH excluding ortho intramolecular Hbond substituents is 1. The number of fused-ring (bicyclic) bond motifs is 2. The molecule has 2 fully saturated rings. The number of aryl methyl sites for hydroxylation is 1. The number of aromatic hydroxyl groups is 1. The predicted octanol–water partition coefficient (Wildman–Crippen LogP) is 3.06. The van der Waals surface area contributed by atoms with E-state index in [1.54, 1.807) is 12.4 Å². The number of imidazole rings is 1. The molecule has 3 aromatic rings. The summed E-state index contributed by atoms with van der Waals surface area (Å²) in [5, 5.41) is 23.1. The first-order valence-electron chi connectivity index (χ1n) is 10.2. The first-order valence-corrected chi connectivity index (χ1v) is 10.2. The van der Waals surface area contributed by atoms with Crippen molar-refractivity contribution >= 4 is 5.82 Å². The van der Waals surface area contributed by atoms with Crippen LogP contribution in [-0.4, -0.2) is 50.0 Å². The Balaban J connectivity index is 1.34. The number of hydrogen-bond donors (Lipinski definition) is 2. The Hall–Kier alpha value is -2.93. The average molecular weight is 390 g/mol. The minimum absolute atomic E-state index is 0.180. The van der Waals surface area contributed by atoms with E-state index in [1.807, 2.05) is 42.0 Å². The Bertz CT molecular complexity index is 1000. The highest BCUT2D eigenvalue weighted by atomic mass is 16.3. The predicted molar refractivity (Wildman–Crippen MR) is 112 cm³/mol. The molecule has 2 saturated heterocycles. The van der Waals surface area contributed by atoms with Gasteiger partial charge in [-0.15, -0.1) is 10.2 Å². The van der Waals surface area contributed by atoms with E-state index in [4.69, 9.17) is 0 Å². The third-order valence-corrected chi connectivity index (χ3v) is 6.27. The summed E-state index contributed by atoms with van der Waals surface area (Å²) in [7, 11) is 2.11. The molecule has 0 aliphatic carbocycles. The molecule has 0 radical (unpaired) electrons. The molecule has 7 nitrogen and oxygen atoms in total. The minimum Gasteiger partial charge on any atom is -0.507 e. The van der Waals surface area contributed by atoms with Crippen LogP contribution in [0.15, 0.2) is 42.9 Å². The fraction of sp³-hybridized carbons (Fsp3) is 0.409. The average Bonchev–Trinajstić information content (AvgIpc) is 3.32. The van der Waals surface area contributed by atoms with Gasteiger partial charge in [-0.25, -0.2) is 4.98 Å². The summed E-state index contributed by atoms with van der Waals surface area (Å²) in [6.07, 6.45) is 8.55. The van der Waals surface area contributed by atoms with Gasteiger partial charge in [-0.05, 0) is 56.9 Å². The van der Waals surface area contributed by atoms with Crippen LogP contribution in [0, 0.1) is 6.92 Å². The zero-order valence-electron chi connectivity index (χ0n) is 16.8. The topological polar surface area (TPSA) is 79.1 Å². The zero-order chi connectivity index (χ0) is 20.0. The summed E-state index contributed by atoms with van der Waals surface area (Å²) in [6, 6.07) is 11.3. The number of anilines is 1. The Morgan fingerprint density at radius 2 is 1.90 bits per heavy atom. The fourth-order valence-corrected chi connectivity index (χ4v) is 4.65. The quantitative estimate of drug-likeness (QED) is 0.713. The molecule has 2 bridgehead atoms. The van der Waals surface area contributed by atoms with Gasteiger partial charge in [0, 0.05) is 43.0 Å². The van der Waals surface area contributed by atoms with Crippen LogP contribution >= 0.6 is 0 Å². The van der Waals surface area contributed by atoms with Crippen LogP contribution in [0.1, 0.15) is 31.4 Å². The van der Waals surface area contributed by atoms with E-state index < -0.39 is 0 Å². The van der Waals surface area contributed by atoms with E-state index in [0.29, 0.717) is 29.4 Å². The van der Waals surface area contributed by atoms with Gasteiger partial charge in [0.15, 0.2) is 5.82 Å². The van der Waals surface area contributed by atoms with Crippen LogP contribution in [0.3, 0.4) is 0 Å². The van der Waals surface area contributed by atoms with Crippen LogP contribution < -0.4 is 10.2 Å². The molecule has 29 heavy (non-hydrogen) atoms. The van der Waals surface area contributed by atoms with Crippen molar-refractivity contribution in [2.24, 2.45) is 0 Å². The van der Waals surface area contributed by atoms with E-state index in [2.05, 4.69) is 32.4 Å². The van der Waals surface area contributed by atoms with Crippen molar-refractivity contribution in [2.45, 2.75) is 50.7 Å². The van der Waals surface area contributed by atoms with Gasteiger partial charge < -0.3 is 19.9 Å². The summed E-state index contributed by atoms with van der Waals surface area (Å²) in [5.74, 6) is 1.06. The van der Waals surface area contributed by atoms with Gasteiger partial charge in [0.25, 0.3) is 0 Å². The maximum Gasteiger partial charge on any atom is 0.151 e. The summed E-state index contributed by atoms with van der Waals surface area (Å²) in [6.45, 7) is 1.94. The van der Waals surface area contributed by atoms with Crippen molar-refractivity contribution < 1.29 is 5.11 Å². The van der Waals surface area contributed by atoms with Gasteiger partial charge in [0.2, 0.25) is 0 Å². The number of phenols is 1. The van der Waals surface area contributed by atoms with Crippen LogP contribution in [0.25, 0.3) is 16.9 Å². The number of nitrogens with one attached hydrogen (secondary N) is 1. The number of piperidine rings is 1. The molecule has 7 heteroatoms. The monoisotopic (exact) mass is 390 g/mol. The van der Waals surface area contributed by atoms with E-state index in [1.165, 1.54) is 12.8 Å². The molecule has 1 aromatic carbocycles. The van der Waals surface area contributed by atoms with Crippen molar-refractivity contribution in [3.05, 3.63) is 48.5 Å². The molecule has 2 aliphatic heterocycles. The number of benzene rings is 1. The maximum absolute atomic E-state index is 10.5. The van der Waals surface area contributed by atoms with Crippen LogP contribution in [0.4, 0.5) is 5.82 Å². The lowest BCUT2D eigenvalue weighted by Gasteiger charge is -2.36. The highest BCUT2D eigenvalue weighted by Crippen LogP contribution is 2.32. The van der Waals surface area contributed by atoms with Crippen LogP contribution in [-0.2, 0) is 0 Å². The summed E-state index contributed by atoms with van der Waals surface area (Å²) < 4.78 is 1.88. The van der Waals surface area contributed by atoms with Gasteiger partial charge in [0.1, 0.15) is 5.75 Å². The molecule has 0 unspecified atom stereocenters. The molecule has 0 amide bonds. The van der Waals surface area contributed by atoms with Crippen molar-refractivity contribution in [3.63, 3.8) is 0 Å². The highest BCUT2D eigenvalue weighted by Gasteiger charge is 2.35. The summed E-state index contributed by atoms with van der Waals surface area (Å²) in [5.41, 5.74) is 3.13. The lowest BCUT2D eigenvalue weighted by molar-refractivity contribution is 0.353. The fourth-order valence-electron chi connectivity index (χ4n) is 4.65. The maximum atomic E-state index is 10.5. The number of hydrogen-bond acceptors (Lipinski definition) is 6. The standard InChI is InChI=1S/C22H26N6O/c1-14-12-28(13-23-14)17-5-6-19(21(29)11-17)20-7-8-22(26-25-20)27(2)18-9-15-3-4-16(10-18)24-15/h5-8,11-13,15-16,18,24,29H,3-4,9-10H2,1-2H3/t15-,16+,18-. The molecule has 0 spiro atoms. The lowest BCUT2D eigenvalue weighted by Crippen LogP contribution is -2.47. The molecule has 150 valence electrons. The third kappa shape index (κ3) is 3.46. The van der Waals surface area contributed by atoms with Gasteiger partial charge in [-0.2, -0.15) is 0 Å². The molecule has 3 atom stereocenters. The molecule has 4 heterocycles. The molecule has 2 aliphatic rings. The SMILES string of the molecule is Cc1cn(-c2ccc(-c3ccc(N(C)[C@@H]4C[C@H]5CC[C@@H](C4)N5)nn3)c(O)c2)cn1. The molecule has 2 aromatic heterocycles. The molecule has 0 saturated carbocycles. The van der Waals surface area contributed by atoms with Crippen molar-refractivity contribution in [1.82, 2.24) is 25.1 Å². The van der Waals surface area contributed by atoms with Crippen LogP contribution in [0.2, 0.25) is 0 Å². The molecule has 5 rings (SSSR count). The Labute approximate surface area is 170 Å². The van der Waals surface area contributed by atoms with E-state index in [0.717, 1.165) is 30.0 Å². The smallest absolute Gasteiger partial charge is 0.151 e. The van der Waals surface area contributed by atoms with Gasteiger partial charge >= 0.3 is 0 Å². The second-order valence-electron chi connectivity index (χ2n) is 8.27. The lowest BCUT2D eigenvalue weighted by atomic mass is 9.98. The van der Waals surface area contributed by atoms with Crippen molar-refractivity contribution in [1.29, 1.82) is 0 Å². The summed E-state index contributed by atoms with van der Waals surface area (Å²) >= 11 is 0. The van der Waals surface area contributed by atoms with Crippen LogP contribution in [0.5, 0.6) is 5.75 Å². The van der Waals surface area contributed by atoms with E-state index in [9.17, 15) is 5.11 Å². The second-order valence-corrected chi connectivity index (χ2v) is 8.27. The Morgan fingerprint density at radius 3 is 2.52 bits per heavy atom. The zero-order valence-corrected chi connectivity index (χ0v) is 16.8. The van der Waals surface area contributed by atoms with Crippen molar-refractivity contribution in [3.8, 4) is 22.7 Å². The molecular weight excluding hydrogens is 364 g/mol. The summed E-state index contributed by atoms with van der Waals surface area (Å²) in [4.78, 5) is 6.49. The van der Waals surface area contributed by atoms with E-state index >= 15 is 0 Å². The third-order valence-electron chi connectivity index (χ3n) is 6.27. The number of rotatable bonds is 4. The van der Waals surface area contributed by atoms with Gasteiger partial charge in [0.05, 0.1) is 23.4 Å². The van der Waals surface area contributed by atoms with Gasteiger partial charge in [-0.1, -0.05) is 0 Å². The number of nitrogens with zero attached hydrogens (tertiary/aromatic N) is 5. The van der Waals surface area contributed by atoms with Crippen molar-refractivity contribution in [2.75, 3.05) is 11.9 Å². The Kier molecular flexibility index (Phi) is 4.47. The first-order chi connectivity index (χ1) is 14.1. The number of aromatic nitrogens is 4. The highest BCUT2D eigenvalue weighted by molar-refractivity contribution is 5.69. The van der Waals surface area contributed by atoms with E-state index in [-0.39, 0.29) is 5.75 Å². The second kappa shape index (κ2) is 7.15. The normalized spacial score (nSPS) is 23.3. The Morgan fingerprint density at radius 1 is 1.10 bits per heavy atom. The largest absolute Gasteiger partial charge is 0.507 e. The minimum atomic E-state index is 0.180. The molecule has 2 N–H and O–H groups in total. The first kappa shape index (κ1) is 18.1. The van der Waals surface area contributed by atoms with Gasteiger partial charge in [-0.3, -0.25) is 0 Å². The molecular formula is C22H26N6O.